The van der Waals surface area contributed by atoms with E-state index in [9.17, 15) is 0 Å². The van der Waals surface area contributed by atoms with E-state index in [0.29, 0.717) is 5.88 Å². The number of hydrogen-bond donors (Lipinski definition) is 0. The molecule has 25 heavy (non-hydrogen) atoms. The van der Waals surface area contributed by atoms with Crippen LogP contribution in [0.1, 0.15) is 5.56 Å². The van der Waals surface area contributed by atoms with Gasteiger partial charge < -0.3 is 4.74 Å². The van der Waals surface area contributed by atoms with E-state index in [-0.39, 0.29) is 0 Å². The Bertz CT molecular complexity index is 1020. The molecule has 2 heterocycles. The number of aromatic nitrogens is 3. The van der Waals surface area contributed by atoms with Gasteiger partial charge in [-0.05, 0) is 29.3 Å². The molecule has 0 radical (unpaired) electrons. The Kier molecular flexibility index (Phi) is 4.01. The second-order valence-corrected chi connectivity index (χ2v) is 5.68. The van der Waals surface area contributed by atoms with Crippen LogP contribution < -0.4 is 4.74 Å². The normalized spacial score (nSPS) is 11.2. The molecular formula is C21H17N3O. The molecule has 0 fully saturated rings. The third-order valence-corrected chi connectivity index (χ3v) is 4.09. The zero-order valence-electron chi connectivity index (χ0n) is 13.8. The number of methoxy groups -OCH3 is 1. The van der Waals surface area contributed by atoms with Gasteiger partial charge in [-0.15, -0.1) is 0 Å². The summed E-state index contributed by atoms with van der Waals surface area (Å²) in [7, 11) is 1.62. The number of ether oxygens (including phenoxy) is 1. The van der Waals surface area contributed by atoms with Gasteiger partial charge in [0.1, 0.15) is 0 Å². The summed E-state index contributed by atoms with van der Waals surface area (Å²) < 4.78 is 7.01. The zero-order valence-corrected chi connectivity index (χ0v) is 13.8. The van der Waals surface area contributed by atoms with Gasteiger partial charge in [-0.1, -0.05) is 42.5 Å². The first kappa shape index (κ1) is 15.1. The Balaban J connectivity index is 1.71. The highest BCUT2D eigenvalue weighted by Crippen LogP contribution is 2.25. The van der Waals surface area contributed by atoms with Crippen LogP contribution in [0.2, 0.25) is 0 Å². The summed E-state index contributed by atoms with van der Waals surface area (Å²) in [5.41, 5.74) is 4.34. The van der Waals surface area contributed by atoms with Crippen LogP contribution in [0.15, 0.2) is 73.1 Å². The van der Waals surface area contributed by atoms with E-state index >= 15 is 0 Å². The van der Waals surface area contributed by atoms with Crippen LogP contribution in [0.4, 0.5) is 0 Å². The lowest BCUT2D eigenvalue weighted by molar-refractivity contribution is 0.398. The average molecular weight is 327 g/mol. The molecule has 0 unspecified atom stereocenters. The Morgan fingerprint density at radius 1 is 0.920 bits per heavy atom. The summed E-state index contributed by atoms with van der Waals surface area (Å²) in [5.74, 6) is 0.612. The van der Waals surface area contributed by atoms with Gasteiger partial charge in [0.2, 0.25) is 5.88 Å². The highest BCUT2D eigenvalue weighted by Gasteiger charge is 2.05. The van der Waals surface area contributed by atoms with Crippen LogP contribution >= 0.6 is 0 Å². The van der Waals surface area contributed by atoms with Gasteiger partial charge in [-0.2, -0.15) is 5.10 Å². The van der Waals surface area contributed by atoms with Gasteiger partial charge >= 0.3 is 0 Å². The van der Waals surface area contributed by atoms with Crippen molar-refractivity contribution < 1.29 is 4.74 Å². The highest BCUT2D eigenvalue weighted by molar-refractivity contribution is 5.86. The van der Waals surface area contributed by atoms with Crippen molar-refractivity contribution in [2.24, 2.45) is 0 Å². The van der Waals surface area contributed by atoms with Gasteiger partial charge in [-0.25, -0.2) is 9.67 Å². The third kappa shape index (κ3) is 3.15. The lowest BCUT2D eigenvalue weighted by Crippen LogP contribution is -1.89. The molecule has 0 saturated carbocycles. The molecule has 0 saturated heterocycles. The predicted molar refractivity (Wildman–Crippen MR) is 101 cm³/mol. The van der Waals surface area contributed by atoms with E-state index in [4.69, 9.17) is 4.74 Å². The topological polar surface area (TPSA) is 39.9 Å². The van der Waals surface area contributed by atoms with Crippen LogP contribution in [-0.4, -0.2) is 21.9 Å². The Hall–Kier alpha value is -3.40. The van der Waals surface area contributed by atoms with Crippen LogP contribution in [0.3, 0.4) is 0 Å². The van der Waals surface area contributed by atoms with Crippen LogP contribution in [-0.2, 0) is 0 Å². The van der Waals surface area contributed by atoms with Crippen molar-refractivity contribution in [2.75, 3.05) is 7.11 Å². The fourth-order valence-corrected chi connectivity index (χ4v) is 2.73. The quantitative estimate of drug-likeness (QED) is 0.544. The van der Waals surface area contributed by atoms with Crippen LogP contribution in [0.25, 0.3) is 34.3 Å². The molecule has 0 aliphatic heterocycles. The second-order valence-electron chi connectivity index (χ2n) is 5.68. The Labute approximate surface area is 146 Å². The lowest BCUT2D eigenvalue weighted by Gasteiger charge is -2.04. The average Bonchev–Trinajstić information content (AvgIpc) is 3.09. The molecule has 0 aliphatic carbocycles. The van der Waals surface area contributed by atoms with Crippen molar-refractivity contribution in [2.45, 2.75) is 0 Å². The van der Waals surface area contributed by atoms with Crippen molar-refractivity contribution in [3.8, 4) is 17.0 Å². The van der Waals surface area contributed by atoms with E-state index in [1.165, 1.54) is 0 Å². The van der Waals surface area contributed by atoms with E-state index in [1.807, 2.05) is 59.7 Å². The Morgan fingerprint density at radius 3 is 2.52 bits per heavy atom. The molecule has 0 N–H and O–H groups in total. The van der Waals surface area contributed by atoms with Gasteiger partial charge in [0.05, 0.1) is 18.8 Å². The summed E-state index contributed by atoms with van der Waals surface area (Å²) in [4.78, 5) is 4.28. The van der Waals surface area contributed by atoms with Gasteiger partial charge in [0.25, 0.3) is 0 Å². The molecule has 0 atom stereocenters. The van der Waals surface area contributed by atoms with E-state index in [2.05, 4.69) is 40.4 Å². The first-order chi connectivity index (χ1) is 12.3. The molecule has 122 valence electrons. The minimum Gasteiger partial charge on any atom is -0.481 e. The molecule has 0 aliphatic rings. The molecular weight excluding hydrogens is 310 g/mol. The fourth-order valence-electron chi connectivity index (χ4n) is 2.73. The zero-order chi connectivity index (χ0) is 17.1. The van der Waals surface area contributed by atoms with Crippen molar-refractivity contribution in [1.29, 1.82) is 0 Å². The molecule has 4 aromatic rings. The first-order valence-electron chi connectivity index (χ1n) is 8.04. The molecule has 0 bridgehead atoms. The minimum atomic E-state index is 0.612. The van der Waals surface area contributed by atoms with Crippen molar-refractivity contribution in [3.63, 3.8) is 0 Å². The van der Waals surface area contributed by atoms with Gasteiger partial charge in [0.15, 0.2) is 0 Å². The predicted octanol–water partition coefficient (Wildman–Crippen LogP) is 4.73. The summed E-state index contributed by atoms with van der Waals surface area (Å²) in [6.07, 6.45) is 7.73. The first-order valence-corrected chi connectivity index (χ1v) is 8.04. The lowest BCUT2D eigenvalue weighted by atomic mass is 10.1. The molecule has 4 rings (SSSR count). The van der Waals surface area contributed by atoms with Crippen molar-refractivity contribution in [3.05, 3.63) is 78.6 Å². The van der Waals surface area contributed by atoms with Crippen molar-refractivity contribution >= 4 is 23.2 Å². The standard InChI is InChI=1S/C21H17N3O/c1-25-21-10-9-18(14-22-21)17-7-8-19-15-23-24(20(19)13-17)12-11-16-5-3-2-4-6-16/h2-15H,1H3. The van der Waals surface area contributed by atoms with E-state index < -0.39 is 0 Å². The number of nitrogens with zero attached hydrogens (tertiary/aromatic N) is 3. The number of pyridine rings is 1. The maximum Gasteiger partial charge on any atom is 0.212 e. The number of benzene rings is 2. The molecule has 2 aromatic heterocycles. The number of rotatable bonds is 4. The maximum atomic E-state index is 5.12. The SMILES string of the molecule is COc1ccc(-c2ccc3cnn(C=Cc4ccccc4)c3c2)cn1. The molecule has 4 nitrogen and oxygen atoms in total. The fraction of sp³-hybridized carbons (Fsp3) is 0.0476. The largest absolute Gasteiger partial charge is 0.481 e. The maximum absolute atomic E-state index is 5.12. The summed E-state index contributed by atoms with van der Waals surface area (Å²) in [6, 6.07) is 20.3. The minimum absolute atomic E-state index is 0.612. The highest BCUT2D eigenvalue weighted by atomic mass is 16.5. The van der Waals surface area contributed by atoms with Crippen LogP contribution in [0, 0.1) is 0 Å². The molecule has 2 aromatic carbocycles. The number of hydrogen-bond acceptors (Lipinski definition) is 3. The Morgan fingerprint density at radius 2 is 1.76 bits per heavy atom. The van der Waals surface area contributed by atoms with Gasteiger partial charge in [-0.3, -0.25) is 0 Å². The second kappa shape index (κ2) is 6.61. The molecule has 4 heteroatoms. The molecule has 0 amide bonds. The van der Waals surface area contributed by atoms with Crippen LogP contribution in [0.5, 0.6) is 5.88 Å². The monoisotopic (exact) mass is 327 g/mol. The summed E-state index contributed by atoms with van der Waals surface area (Å²) in [6.45, 7) is 0. The number of fused-ring (bicyclic) bond motifs is 1. The molecule has 0 spiro atoms. The van der Waals surface area contributed by atoms with E-state index in [0.717, 1.165) is 27.6 Å². The summed E-state index contributed by atoms with van der Waals surface area (Å²) in [5, 5.41) is 5.57. The van der Waals surface area contributed by atoms with Gasteiger partial charge in [0, 0.05) is 29.4 Å². The van der Waals surface area contributed by atoms with Crippen molar-refractivity contribution in [1.82, 2.24) is 14.8 Å². The summed E-state index contributed by atoms with van der Waals surface area (Å²) >= 11 is 0. The third-order valence-electron chi connectivity index (χ3n) is 4.09. The van der Waals surface area contributed by atoms with E-state index in [1.54, 1.807) is 7.11 Å². The smallest absolute Gasteiger partial charge is 0.212 e.